The number of alkyl halides is 3. The van der Waals surface area contributed by atoms with Crippen molar-refractivity contribution >= 4 is 27.8 Å². The number of rotatable bonds is 1. The van der Waals surface area contributed by atoms with Gasteiger partial charge in [0.05, 0.1) is 11.1 Å². The summed E-state index contributed by atoms with van der Waals surface area (Å²) in [5.74, 6) is 0. The maximum atomic E-state index is 12.8. The summed E-state index contributed by atoms with van der Waals surface area (Å²) < 4.78 is 49.7. The van der Waals surface area contributed by atoms with Crippen molar-refractivity contribution in [1.29, 1.82) is 5.41 Å². The minimum atomic E-state index is -4.65. The second kappa shape index (κ2) is 5.34. The SMILES string of the molecule is CC(C)(C)[S+]([O-])C(=N)c1cc(Cl)[c]cc1C(F)(F)F. The zero-order valence-corrected chi connectivity index (χ0v) is 12.1. The van der Waals surface area contributed by atoms with Crippen molar-refractivity contribution in [3.8, 4) is 0 Å². The van der Waals surface area contributed by atoms with Crippen molar-refractivity contribution in [1.82, 2.24) is 0 Å². The molecule has 1 N–H and O–H groups in total. The Labute approximate surface area is 117 Å². The fourth-order valence-corrected chi connectivity index (χ4v) is 2.44. The summed E-state index contributed by atoms with van der Waals surface area (Å²) in [5, 5.41) is 7.09. The molecule has 0 spiro atoms. The van der Waals surface area contributed by atoms with Crippen molar-refractivity contribution in [2.75, 3.05) is 0 Å². The first-order valence-electron chi connectivity index (χ1n) is 5.24. The van der Waals surface area contributed by atoms with Crippen LogP contribution in [0, 0.1) is 11.5 Å². The molecule has 0 bridgehead atoms. The molecule has 0 aromatic heterocycles. The molecule has 1 aromatic rings. The maximum Gasteiger partial charge on any atom is 0.417 e. The van der Waals surface area contributed by atoms with Gasteiger partial charge in [0, 0.05) is 22.3 Å². The van der Waals surface area contributed by atoms with Crippen molar-refractivity contribution in [2.24, 2.45) is 0 Å². The molecule has 0 amide bonds. The van der Waals surface area contributed by atoms with Gasteiger partial charge in [-0.15, -0.1) is 0 Å². The van der Waals surface area contributed by atoms with Gasteiger partial charge in [-0.25, -0.2) is 0 Å². The van der Waals surface area contributed by atoms with Gasteiger partial charge in [0.25, 0.3) is 0 Å². The molecular formula is C12H12ClF3NOS. The van der Waals surface area contributed by atoms with E-state index in [1.54, 1.807) is 20.8 Å². The van der Waals surface area contributed by atoms with Crippen molar-refractivity contribution < 1.29 is 17.7 Å². The standard InChI is InChI=1S/C12H12ClF3NOS/c1-11(2,3)19(18)10(17)8-6-7(13)4-5-9(8)12(14,15)16/h5-6,17H,1-3H3. The topological polar surface area (TPSA) is 46.9 Å². The molecule has 7 heteroatoms. The summed E-state index contributed by atoms with van der Waals surface area (Å²) in [4.78, 5) is 0. The Bertz CT molecular complexity index is 497. The van der Waals surface area contributed by atoms with Crippen LogP contribution in [0.1, 0.15) is 31.9 Å². The van der Waals surface area contributed by atoms with Crippen LogP contribution in [-0.2, 0) is 17.4 Å². The van der Waals surface area contributed by atoms with Crippen LogP contribution in [0.25, 0.3) is 0 Å². The monoisotopic (exact) mass is 310 g/mol. The molecule has 0 aliphatic heterocycles. The average molecular weight is 311 g/mol. The van der Waals surface area contributed by atoms with E-state index in [0.29, 0.717) is 6.07 Å². The van der Waals surface area contributed by atoms with Gasteiger partial charge in [-0.2, -0.15) is 13.2 Å². The third-order valence-electron chi connectivity index (χ3n) is 2.21. The zero-order chi connectivity index (χ0) is 15.0. The molecular weight excluding hydrogens is 299 g/mol. The normalized spacial score (nSPS) is 14.3. The Balaban J connectivity index is 3.34. The minimum Gasteiger partial charge on any atom is -0.610 e. The molecule has 1 atom stereocenters. The van der Waals surface area contributed by atoms with E-state index in [-0.39, 0.29) is 5.02 Å². The number of nitrogens with one attached hydrogen (secondary N) is 1. The van der Waals surface area contributed by atoms with E-state index in [0.717, 1.165) is 6.07 Å². The first-order chi connectivity index (χ1) is 8.44. The van der Waals surface area contributed by atoms with Gasteiger partial charge in [-0.3, -0.25) is 5.41 Å². The summed E-state index contributed by atoms with van der Waals surface area (Å²) in [6.07, 6.45) is -4.65. The van der Waals surface area contributed by atoms with Gasteiger partial charge in [0.2, 0.25) is 5.04 Å². The van der Waals surface area contributed by atoms with E-state index in [2.05, 4.69) is 6.07 Å². The highest BCUT2D eigenvalue weighted by atomic mass is 35.5. The minimum absolute atomic E-state index is 0.0568. The smallest absolute Gasteiger partial charge is 0.417 e. The Morgan fingerprint density at radius 2 is 1.89 bits per heavy atom. The highest BCUT2D eigenvalue weighted by Gasteiger charge is 2.39. The first kappa shape index (κ1) is 16.3. The lowest BCUT2D eigenvalue weighted by Gasteiger charge is -2.25. The van der Waals surface area contributed by atoms with Crippen LogP contribution in [0.5, 0.6) is 0 Å². The first-order valence-corrected chi connectivity index (χ1v) is 6.76. The van der Waals surface area contributed by atoms with E-state index in [1.807, 2.05) is 0 Å². The van der Waals surface area contributed by atoms with Crippen LogP contribution in [0.15, 0.2) is 12.1 Å². The van der Waals surface area contributed by atoms with E-state index >= 15 is 0 Å². The van der Waals surface area contributed by atoms with Crippen LogP contribution in [-0.4, -0.2) is 14.3 Å². The van der Waals surface area contributed by atoms with Gasteiger partial charge in [0.1, 0.15) is 4.75 Å². The lowest BCUT2D eigenvalue weighted by Crippen LogP contribution is -2.35. The van der Waals surface area contributed by atoms with E-state index in [9.17, 15) is 17.7 Å². The van der Waals surface area contributed by atoms with E-state index in [1.165, 1.54) is 0 Å². The van der Waals surface area contributed by atoms with Gasteiger partial charge < -0.3 is 4.55 Å². The Hall–Kier alpha value is -0.720. The average Bonchev–Trinajstić information content (AvgIpc) is 2.24. The third-order valence-corrected chi connectivity index (χ3v) is 4.13. The fraction of sp³-hybridized carbons (Fsp3) is 0.417. The highest BCUT2D eigenvalue weighted by Crippen LogP contribution is 2.35. The molecule has 0 saturated carbocycles. The lowest BCUT2D eigenvalue weighted by atomic mass is 10.1. The largest absolute Gasteiger partial charge is 0.610 e. The van der Waals surface area contributed by atoms with Crippen molar-refractivity contribution in [3.05, 3.63) is 34.3 Å². The van der Waals surface area contributed by atoms with Gasteiger partial charge in [-0.1, -0.05) is 11.6 Å². The fourth-order valence-electron chi connectivity index (χ4n) is 1.29. The van der Waals surface area contributed by atoms with E-state index < -0.39 is 38.3 Å². The van der Waals surface area contributed by atoms with Crippen LogP contribution >= 0.6 is 11.6 Å². The van der Waals surface area contributed by atoms with Crippen LogP contribution in [0.2, 0.25) is 5.02 Å². The van der Waals surface area contributed by atoms with Crippen molar-refractivity contribution in [3.63, 3.8) is 0 Å². The molecule has 0 saturated heterocycles. The highest BCUT2D eigenvalue weighted by molar-refractivity contribution is 8.07. The number of hydrogen-bond donors (Lipinski definition) is 1. The molecule has 0 fully saturated rings. The van der Waals surface area contributed by atoms with Gasteiger partial charge in [0.15, 0.2) is 0 Å². The second-order valence-corrected chi connectivity index (χ2v) is 7.39. The molecule has 105 valence electrons. The molecule has 1 rings (SSSR count). The predicted molar refractivity (Wildman–Crippen MR) is 70.0 cm³/mol. The molecule has 0 aliphatic rings. The summed E-state index contributed by atoms with van der Waals surface area (Å²) in [5.41, 5.74) is -1.52. The number of halogens is 4. The third kappa shape index (κ3) is 3.87. The van der Waals surface area contributed by atoms with Gasteiger partial charge >= 0.3 is 6.18 Å². The Morgan fingerprint density at radius 1 is 1.37 bits per heavy atom. The van der Waals surface area contributed by atoms with Crippen LogP contribution < -0.4 is 0 Å². The quantitative estimate of drug-likeness (QED) is 0.475. The molecule has 1 radical (unpaired) electrons. The molecule has 2 nitrogen and oxygen atoms in total. The molecule has 0 aliphatic carbocycles. The summed E-state index contributed by atoms with van der Waals surface area (Å²) in [6, 6.07) is 3.87. The van der Waals surface area contributed by atoms with Crippen LogP contribution in [0.4, 0.5) is 13.2 Å². The summed E-state index contributed by atoms with van der Waals surface area (Å²) in [6.45, 7) is 4.75. The summed E-state index contributed by atoms with van der Waals surface area (Å²) in [7, 11) is 0. The summed E-state index contributed by atoms with van der Waals surface area (Å²) >= 11 is 3.74. The number of benzene rings is 1. The molecule has 1 aromatic carbocycles. The maximum absolute atomic E-state index is 12.8. The molecule has 1 unspecified atom stereocenters. The van der Waals surface area contributed by atoms with Crippen molar-refractivity contribution in [2.45, 2.75) is 31.7 Å². The predicted octanol–water partition coefficient (Wildman–Crippen LogP) is 4.03. The Morgan fingerprint density at radius 3 is 2.32 bits per heavy atom. The van der Waals surface area contributed by atoms with E-state index in [4.69, 9.17) is 17.0 Å². The molecule has 19 heavy (non-hydrogen) atoms. The second-order valence-electron chi connectivity index (χ2n) is 4.82. The number of hydrogen-bond acceptors (Lipinski definition) is 2. The lowest BCUT2D eigenvalue weighted by molar-refractivity contribution is -0.137. The van der Waals surface area contributed by atoms with Crippen LogP contribution in [0.3, 0.4) is 0 Å². The Kier molecular flexibility index (Phi) is 4.59. The zero-order valence-electron chi connectivity index (χ0n) is 10.5. The molecule has 0 heterocycles. The van der Waals surface area contributed by atoms with Gasteiger partial charge in [-0.05, 0) is 32.9 Å².